The monoisotopic (exact) mass is 256 g/mol. The summed E-state index contributed by atoms with van der Waals surface area (Å²) in [5.41, 5.74) is 1.58. The van der Waals surface area contributed by atoms with Crippen molar-refractivity contribution >= 4 is 15.7 Å². The van der Waals surface area contributed by atoms with Crippen LogP contribution in [-0.4, -0.2) is 34.4 Å². The van der Waals surface area contributed by atoms with Gasteiger partial charge in [-0.2, -0.15) is 0 Å². The van der Waals surface area contributed by atoms with Crippen molar-refractivity contribution in [2.75, 3.05) is 30.7 Å². The number of ether oxygens (including phenoxy) is 1. The predicted molar refractivity (Wildman–Crippen MR) is 67.0 cm³/mol. The molecule has 0 saturated heterocycles. The normalized spacial score (nSPS) is 17.0. The van der Waals surface area contributed by atoms with Gasteiger partial charge in [-0.3, -0.25) is 4.72 Å². The number of fused-ring (bicyclic) bond motifs is 1. The van der Waals surface area contributed by atoms with Crippen molar-refractivity contribution in [3.63, 3.8) is 0 Å². The topological polar surface area (TPSA) is 67.4 Å². The predicted octanol–water partition coefficient (Wildman–Crippen LogP) is 0.583. The van der Waals surface area contributed by atoms with Crippen LogP contribution in [0.4, 0.5) is 5.69 Å². The molecule has 0 amide bonds. The fourth-order valence-electron chi connectivity index (χ4n) is 1.77. The van der Waals surface area contributed by atoms with E-state index >= 15 is 0 Å². The van der Waals surface area contributed by atoms with Gasteiger partial charge in [0.1, 0.15) is 12.4 Å². The summed E-state index contributed by atoms with van der Waals surface area (Å²) in [6.45, 7) is 1.33. The fraction of sp³-hybridized carbons (Fsp3) is 0.455. The molecule has 1 aromatic carbocycles. The van der Waals surface area contributed by atoms with Gasteiger partial charge >= 0.3 is 0 Å². The highest BCUT2D eigenvalue weighted by molar-refractivity contribution is 7.92. The minimum Gasteiger partial charge on any atom is -0.492 e. The largest absolute Gasteiger partial charge is 0.492 e. The van der Waals surface area contributed by atoms with E-state index in [9.17, 15) is 8.42 Å². The van der Waals surface area contributed by atoms with Crippen LogP contribution in [0.25, 0.3) is 0 Å². The number of hydrogen-bond donors (Lipinski definition) is 2. The van der Waals surface area contributed by atoms with Gasteiger partial charge in [-0.1, -0.05) is 6.07 Å². The van der Waals surface area contributed by atoms with E-state index in [0.29, 0.717) is 18.7 Å². The molecule has 5 nitrogen and oxygen atoms in total. The third kappa shape index (κ3) is 2.89. The molecule has 2 rings (SSSR count). The van der Waals surface area contributed by atoms with Crippen molar-refractivity contribution < 1.29 is 13.2 Å². The van der Waals surface area contributed by atoms with Gasteiger partial charge in [0.2, 0.25) is 10.0 Å². The Balaban J connectivity index is 2.20. The summed E-state index contributed by atoms with van der Waals surface area (Å²) in [5.74, 6) is 0.881. The highest BCUT2D eigenvalue weighted by Crippen LogP contribution is 2.31. The van der Waals surface area contributed by atoms with E-state index in [1.165, 1.54) is 0 Å². The quantitative estimate of drug-likeness (QED) is 0.773. The Hall–Kier alpha value is -1.27. The molecule has 0 aliphatic carbocycles. The number of anilines is 1. The molecule has 0 saturated carbocycles. The number of nitrogens with one attached hydrogen (secondary N) is 2. The number of likely N-dealkylation sites (N-methyl/N-ethyl adjacent to an activating group) is 1. The first-order chi connectivity index (χ1) is 8.12. The first-order valence-corrected chi connectivity index (χ1v) is 7.17. The zero-order valence-corrected chi connectivity index (χ0v) is 10.5. The molecule has 0 aromatic heterocycles. The first-order valence-electron chi connectivity index (χ1n) is 5.52. The first kappa shape index (κ1) is 12.2. The molecule has 94 valence electrons. The SMILES string of the molecule is CNCCOc1cccc2c1CCS(=O)(=O)N2. The fourth-order valence-corrected chi connectivity index (χ4v) is 2.87. The summed E-state index contributed by atoms with van der Waals surface area (Å²) in [6.07, 6.45) is 0.500. The molecule has 6 heteroatoms. The maximum atomic E-state index is 11.4. The molecule has 1 aliphatic heterocycles. The van der Waals surface area contributed by atoms with Gasteiger partial charge in [-0.05, 0) is 25.6 Å². The van der Waals surface area contributed by atoms with Crippen molar-refractivity contribution in [3.8, 4) is 5.75 Å². The Morgan fingerprint density at radius 1 is 1.47 bits per heavy atom. The minimum atomic E-state index is -3.16. The minimum absolute atomic E-state index is 0.117. The Morgan fingerprint density at radius 2 is 2.29 bits per heavy atom. The maximum Gasteiger partial charge on any atom is 0.233 e. The highest BCUT2D eigenvalue weighted by atomic mass is 32.2. The third-order valence-electron chi connectivity index (χ3n) is 2.63. The second-order valence-corrected chi connectivity index (χ2v) is 5.75. The average molecular weight is 256 g/mol. The lowest BCUT2D eigenvalue weighted by molar-refractivity contribution is 0.315. The summed E-state index contributed by atoms with van der Waals surface area (Å²) in [6, 6.07) is 5.42. The summed E-state index contributed by atoms with van der Waals surface area (Å²) < 4.78 is 31.0. The smallest absolute Gasteiger partial charge is 0.233 e. The molecule has 2 N–H and O–H groups in total. The molecule has 0 atom stereocenters. The van der Waals surface area contributed by atoms with Gasteiger partial charge in [0, 0.05) is 12.1 Å². The second kappa shape index (κ2) is 4.93. The summed E-state index contributed by atoms with van der Waals surface area (Å²) in [5, 5.41) is 2.99. The van der Waals surface area contributed by atoms with Crippen molar-refractivity contribution in [1.29, 1.82) is 0 Å². The van der Waals surface area contributed by atoms with Crippen molar-refractivity contribution in [2.45, 2.75) is 6.42 Å². The van der Waals surface area contributed by atoms with Crippen LogP contribution in [0.5, 0.6) is 5.75 Å². The molecule has 0 bridgehead atoms. The third-order valence-corrected chi connectivity index (χ3v) is 3.90. The molecule has 1 aliphatic rings. The number of hydrogen-bond acceptors (Lipinski definition) is 4. The molecule has 1 heterocycles. The van der Waals surface area contributed by atoms with Crippen LogP contribution in [0.15, 0.2) is 18.2 Å². The van der Waals surface area contributed by atoms with E-state index in [-0.39, 0.29) is 5.75 Å². The van der Waals surface area contributed by atoms with Gasteiger partial charge < -0.3 is 10.1 Å². The van der Waals surface area contributed by atoms with Crippen LogP contribution in [0.2, 0.25) is 0 Å². The zero-order valence-electron chi connectivity index (χ0n) is 9.69. The van der Waals surface area contributed by atoms with E-state index in [1.54, 1.807) is 12.1 Å². The molecule has 17 heavy (non-hydrogen) atoms. The van der Waals surface area contributed by atoms with Gasteiger partial charge in [-0.15, -0.1) is 0 Å². The van der Waals surface area contributed by atoms with Gasteiger partial charge in [0.15, 0.2) is 0 Å². The van der Waals surface area contributed by atoms with E-state index in [1.807, 2.05) is 13.1 Å². The van der Waals surface area contributed by atoms with Gasteiger partial charge in [0.05, 0.1) is 11.4 Å². The Morgan fingerprint density at radius 3 is 3.06 bits per heavy atom. The highest BCUT2D eigenvalue weighted by Gasteiger charge is 2.22. The molecule has 0 radical (unpaired) electrons. The van der Waals surface area contributed by atoms with Crippen molar-refractivity contribution in [2.24, 2.45) is 0 Å². The lowest BCUT2D eigenvalue weighted by Gasteiger charge is -2.21. The van der Waals surface area contributed by atoms with E-state index < -0.39 is 10.0 Å². The van der Waals surface area contributed by atoms with E-state index in [4.69, 9.17) is 4.74 Å². The second-order valence-electron chi connectivity index (χ2n) is 3.91. The summed E-state index contributed by atoms with van der Waals surface area (Å²) in [4.78, 5) is 0. The Bertz CT molecular complexity index is 499. The molecule has 0 unspecified atom stereocenters. The molecule has 1 aromatic rings. The van der Waals surface area contributed by atoms with Crippen LogP contribution >= 0.6 is 0 Å². The van der Waals surface area contributed by atoms with Crippen LogP contribution in [0.3, 0.4) is 0 Å². The van der Waals surface area contributed by atoms with Crippen LogP contribution in [0, 0.1) is 0 Å². The maximum absolute atomic E-state index is 11.4. The number of benzene rings is 1. The number of rotatable bonds is 4. The van der Waals surface area contributed by atoms with Crippen LogP contribution < -0.4 is 14.8 Å². The average Bonchev–Trinajstić information content (AvgIpc) is 2.28. The Labute approximate surface area is 101 Å². The molecule has 0 spiro atoms. The molecule has 0 fully saturated rings. The van der Waals surface area contributed by atoms with Crippen molar-refractivity contribution in [3.05, 3.63) is 23.8 Å². The number of sulfonamides is 1. The van der Waals surface area contributed by atoms with Gasteiger partial charge in [-0.25, -0.2) is 8.42 Å². The van der Waals surface area contributed by atoms with Crippen LogP contribution in [-0.2, 0) is 16.4 Å². The van der Waals surface area contributed by atoms with Crippen LogP contribution in [0.1, 0.15) is 5.56 Å². The summed E-state index contributed by atoms with van der Waals surface area (Å²) in [7, 11) is -1.30. The molecular weight excluding hydrogens is 240 g/mol. The van der Waals surface area contributed by atoms with E-state index in [0.717, 1.165) is 17.9 Å². The standard InChI is InChI=1S/C11H16N2O3S/c1-12-6-7-16-11-4-2-3-10-9(11)5-8-17(14,15)13-10/h2-4,12-13H,5-8H2,1H3. The Kier molecular flexibility index (Phi) is 3.54. The molecular formula is C11H16N2O3S. The van der Waals surface area contributed by atoms with E-state index in [2.05, 4.69) is 10.0 Å². The zero-order chi connectivity index (χ0) is 12.3. The summed E-state index contributed by atoms with van der Waals surface area (Å²) >= 11 is 0. The van der Waals surface area contributed by atoms with Crippen molar-refractivity contribution in [1.82, 2.24) is 5.32 Å². The lowest BCUT2D eigenvalue weighted by Crippen LogP contribution is -2.25. The van der Waals surface area contributed by atoms with Gasteiger partial charge in [0.25, 0.3) is 0 Å². The lowest BCUT2D eigenvalue weighted by atomic mass is 10.1.